The van der Waals surface area contributed by atoms with Crippen molar-refractivity contribution in [3.63, 3.8) is 0 Å². The molecular weight excluding hydrogens is 288 g/mol. The third-order valence-corrected chi connectivity index (χ3v) is 4.14. The molecular formula is C19H30N2O2. The van der Waals surface area contributed by atoms with Crippen molar-refractivity contribution in [2.45, 2.75) is 65.0 Å². The summed E-state index contributed by atoms with van der Waals surface area (Å²) in [6.45, 7) is 8.91. The molecule has 1 aliphatic carbocycles. The van der Waals surface area contributed by atoms with Crippen LogP contribution in [0.25, 0.3) is 0 Å². The van der Waals surface area contributed by atoms with E-state index in [2.05, 4.69) is 29.7 Å². The smallest absolute Gasteiger partial charge is 0.412 e. The lowest BCUT2D eigenvalue weighted by Crippen LogP contribution is -2.28. The van der Waals surface area contributed by atoms with Gasteiger partial charge < -0.3 is 10.1 Å². The van der Waals surface area contributed by atoms with E-state index in [0.717, 1.165) is 24.6 Å². The molecule has 0 aliphatic heterocycles. The van der Waals surface area contributed by atoms with E-state index in [0.29, 0.717) is 6.04 Å². The van der Waals surface area contributed by atoms with E-state index >= 15 is 0 Å². The van der Waals surface area contributed by atoms with Crippen LogP contribution in [0, 0.1) is 5.92 Å². The zero-order chi connectivity index (χ0) is 16.9. The monoisotopic (exact) mass is 318 g/mol. The number of carbonyl (C=O) groups excluding carboxylic acids is 1. The molecule has 0 saturated heterocycles. The number of carbonyl (C=O) groups is 1. The SMILES string of the molecule is CC1CCC(NCCc2ccc(NC(=O)OC(C)(C)C)cc2)C1. The van der Waals surface area contributed by atoms with Crippen molar-refractivity contribution in [1.29, 1.82) is 0 Å². The Hall–Kier alpha value is -1.55. The van der Waals surface area contributed by atoms with Crippen molar-refractivity contribution in [2.24, 2.45) is 5.92 Å². The standard InChI is InChI=1S/C19H30N2O2/c1-14-5-8-17(13-14)20-12-11-15-6-9-16(10-7-15)21-18(22)23-19(2,3)4/h6-7,9-10,14,17,20H,5,8,11-13H2,1-4H3,(H,21,22). The van der Waals surface area contributed by atoms with E-state index in [4.69, 9.17) is 4.74 Å². The fraction of sp³-hybridized carbons (Fsp3) is 0.632. The summed E-state index contributed by atoms with van der Waals surface area (Å²) in [5.41, 5.74) is 1.56. The first-order valence-corrected chi connectivity index (χ1v) is 8.64. The van der Waals surface area contributed by atoms with Crippen LogP contribution >= 0.6 is 0 Å². The van der Waals surface area contributed by atoms with Gasteiger partial charge in [0.1, 0.15) is 5.60 Å². The van der Waals surface area contributed by atoms with Crippen molar-refractivity contribution >= 4 is 11.8 Å². The van der Waals surface area contributed by atoms with E-state index in [9.17, 15) is 4.79 Å². The first-order valence-electron chi connectivity index (χ1n) is 8.64. The maximum atomic E-state index is 11.7. The van der Waals surface area contributed by atoms with Gasteiger partial charge in [-0.3, -0.25) is 5.32 Å². The van der Waals surface area contributed by atoms with Crippen LogP contribution in [0.3, 0.4) is 0 Å². The molecule has 0 aromatic heterocycles. The fourth-order valence-corrected chi connectivity index (χ4v) is 2.99. The van der Waals surface area contributed by atoms with E-state index in [1.807, 2.05) is 32.9 Å². The molecule has 2 unspecified atom stereocenters. The minimum Gasteiger partial charge on any atom is -0.444 e. The molecule has 0 bridgehead atoms. The highest BCUT2D eigenvalue weighted by molar-refractivity contribution is 5.84. The minimum absolute atomic E-state index is 0.415. The Morgan fingerprint density at radius 1 is 1.22 bits per heavy atom. The van der Waals surface area contributed by atoms with Gasteiger partial charge in [0.2, 0.25) is 0 Å². The first kappa shape index (κ1) is 17.8. The summed E-state index contributed by atoms with van der Waals surface area (Å²) < 4.78 is 5.24. The van der Waals surface area contributed by atoms with Crippen LogP contribution < -0.4 is 10.6 Å². The Bertz CT molecular complexity index is 505. The highest BCUT2D eigenvalue weighted by Crippen LogP contribution is 2.24. The second-order valence-corrected chi connectivity index (χ2v) is 7.64. The number of hydrogen-bond acceptors (Lipinski definition) is 3. The molecule has 1 saturated carbocycles. The third-order valence-electron chi connectivity index (χ3n) is 4.14. The second-order valence-electron chi connectivity index (χ2n) is 7.64. The number of benzene rings is 1. The number of hydrogen-bond donors (Lipinski definition) is 2. The highest BCUT2D eigenvalue weighted by atomic mass is 16.6. The van der Waals surface area contributed by atoms with E-state index in [-0.39, 0.29) is 0 Å². The number of anilines is 1. The van der Waals surface area contributed by atoms with E-state index in [1.165, 1.54) is 24.8 Å². The van der Waals surface area contributed by atoms with Crippen LogP contribution in [0.1, 0.15) is 52.5 Å². The van der Waals surface area contributed by atoms with Crippen LogP contribution in [0.4, 0.5) is 10.5 Å². The summed E-state index contributed by atoms with van der Waals surface area (Å²) in [5, 5.41) is 6.40. The topological polar surface area (TPSA) is 50.4 Å². The van der Waals surface area contributed by atoms with Crippen LogP contribution in [0.2, 0.25) is 0 Å². The average molecular weight is 318 g/mol. The molecule has 4 heteroatoms. The summed E-state index contributed by atoms with van der Waals surface area (Å²) in [6.07, 6.45) is 4.56. The summed E-state index contributed by atoms with van der Waals surface area (Å²) in [5.74, 6) is 0.866. The molecule has 23 heavy (non-hydrogen) atoms. The van der Waals surface area contributed by atoms with Crippen LogP contribution in [-0.4, -0.2) is 24.3 Å². The van der Waals surface area contributed by atoms with E-state index in [1.54, 1.807) is 0 Å². The number of nitrogens with one attached hydrogen (secondary N) is 2. The van der Waals surface area contributed by atoms with Crippen molar-refractivity contribution in [2.75, 3.05) is 11.9 Å². The lowest BCUT2D eigenvalue weighted by atomic mass is 10.1. The second kappa shape index (κ2) is 7.82. The van der Waals surface area contributed by atoms with Gasteiger partial charge in [0.25, 0.3) is 0 Å². The largest absolute Gasteiger partial charge is 0.444 e. The maximum absolute atomic E-state index is 11.7. The molecule has 1 fully saturated rings. The van der Waals surface area contributed by atoms with Gasteiger partial charge in [-0.1, -0.05) is 19.1 Å². The normalized spacial score (nSPS) is 21.2. The Kier molecular flexibility index (Phi) is 6.05. The third kappa shape index (κ3) is 6.61. The summed E-state index contributed by atoms with van der Waals surface area (Å²) in [7, 11) is 0. The molecule has 128 valence electrons. The predicted octanol–water partition coefficient (Wildman–Crippen LogP) is 4.35. The summed E-state index contributed by atoms with van der Waals surface area (Å²) in [4.78, 5) is 11.7. The average Bonchev–Trinajstić information content (AvgIpc) is 2.84. The molecule has 1 aliphatic rings. The number of amides is 1. The molecule has 1 aromatic rings. The molecule has 2 rings (SSSR count). The van der Waals surface area contributed by atoms with Gasteiger partial charge in [0.05, 0.1) is 0 Å². The molecule has 0 spiro atoms. The lowest BCUT2D eigenvalue weighted by molar-refractivity contribution is 0.0636. The molecule has 1 aromatic carbocycles. The van der Waals surface area contributed by atoms with Gasteiger partial charge in [-0.2, -0.15) is 0 Å². The Balaban J connectivity index is 1.72. The quantitative estimate of drug-likeness (QED) is 0.848. The molecule has 2 atom stereocenters. The summed E-state index contributed by atoms with van der Waals surface area (Å²) >= 11 is 0. The van der Waals surface area contributed by atoms with E-state index < -0.39 is 11.7 Å². The van der Waals surface area contributed by atoms with Gasteiger partial charge in [-0.25, -0.2) is 4.79 Å². The van der Waals surface area contributed by atoms with Gasteiger partial charge in [-0.05, 0) is 76.6 Å². The minimum atomic E-state index is -0.479. The van der Waals surface area contributed by atoms with Gasteiger partial charge in [0.15, 0.2) is 0 Å². The molecule has 1 amide bonds. The maximum Gasteiger partial charge on any atom is 0.412 e. The molecule has 2 N–H and O–H groups in total. The zero-order valence-corrected chi connectivity index (χ0v) is 14.8. The van der Waals surface area contributed by atoms with Crippen molar-refractivity contribution in [3.8, 4) is 0 Å². The summed E-state index contributed by atoms with van der Waals surface area (Å²) in [6, 6.07) is 8.67. The first-order chi connectivity index (χ1) is 10.8. The Morgan fingerprint density at radius 3 is 2.48 bits per heavy atom. The van der Waals surface area contributed by atoms with Crippen molar-refractivity contribution in [1.82, 2.24) is 5.32 Å². The number of ether oxygens (including phenoxy) is 1. The Labute approximate surface area is 140 Å². The molecule has 4 nitrogen and oxygen atoms in total. The Morgan fingerprint density at radius 2 is 1.91 bits per heavy atom. The highest BCUT2D eigenvalue weighted by Gasteiger charge is 2.20. The lowest BCUT2D eigenvalue weighted by Gasteiger charge is -2.19. The molecule has 0 heterocycles. The van der Waals surface area contributed by atoms with Gasteiger partial charge in [-0.15, -0.1) is 0 Å². The number of rotatable bonds is 5. The van der Waals surface area contributed by atoms with Crippen molar-refractivity contribution < 1.29 is 9.53 Å². The predicted molar refractivity (Wildman–Crippen MR) is 94.8 cm³/mol. The molecule has 0 radical (unpaired) electrons. The van der Waals surface area contributed by atoms with Crippen molar-refractivity contribution in [3.05, 3.63) is 29.8 Å². The van der Waals surface area contributed by atoms with Crippen LogP contribution in [-0.2, 0) is 11.2 Å². The zero-order valence-electron chi connectivity index (χ0n) is 14.8. The van der Waals surface area contributed by atoms with Crippen LogP contribution in [0.15, 0.2) is 24.3 Å². The fourth-order valence-electron chi connectivity index (χ4n) is 2.99. The van der Waals surface area contributed by atoms with Crippen LogP contribution in [0.5, 0.6) is 0 Å². The van der Waals surface area contributed by atoms with Gasteiger partial charge >= 0.3 is 6.09 Å². The van der Waals surface area contributed by atoms with Gasteiger partial charge in [0, 0.05) is 11.7 Å².